The molecule has 0 aliphatic carbocycles. The van der Waals surface area contributed by atoms with Crippen LogP contribution < -0.4 is 10.6 Å². The van der Waals surface area contributed by atoms with Crippen molar-refractivity contribution in [2.75, 3.05) is 17.7 Å². The minimum Gasteiger partial charge on any atom is -0.365 e. The molecule has 1 fully saturated rings. The molecule has 4 rings (SSSR count). The normalized spacial score (nSPS) is 19.2. The second-order valence-corrected chi connectivity index (χ2v) is 9.49. The van der Waals surface area contributed by atoms with Gasteiger partial charge >= 0.3 is 0 Å². The van der Waals surface area contributed by atoms with Gasteiger partial charge in [-0.25, -0.2) is 9.37 Å². The summed E-state index contributed by atoms with van der Waals surface area (Å²) in [5.41, 5.74) is 1.87. The van der Waals surface area contributed by atoms with Crippen molar-refractivity contribution in [1.82, 2.24) is 24.6 Å². The van der Waals surface area contributed by atoms with Crippen LogP contribution in [0.15, 0.2) is 30.6 Å². The number of anilines is 3. The molecule has 1 aliphatic heterocycles. The van der Waals surface area contributed by atoms with Gasteiger partial charge in [-0.2, -0.15) is 10.1 Å². The summed E-state index contributed by atoms with van der Waals surface area (Å²) in [6.07, 6.45) is 4.82. The molecular formula is C22H30FN7. The number of hydrogen-bond acceptors (Lipinski definition) is 6. The molecule has 160 valence electrons. The molecule has 0 radical (unpaired) electrons. The molecule has 0 bridgehead atoms. The molecule has 0 saturated carbocycles. The highest BCUT2D eigenvalue weighted by molar-refractivity contribution is 5.83. The molecule has 7 nitrogen and oxygen atoms in total. The zero-order valence-electron chi connectivity index (χ0n) is 18.5. The fourth-order valence-corrected chi connectivity index (χ4v) is 4.57. The first-order chi connectivity index (χ1) is 14.0. The summed E-state index contributed by atoms with van der Waals surface area (Å²) in [5.74, 6) is 0.141. The van der Waals surface area contributed by atoms with E-state index in [2.05, 4.69) is 65.3 Å². The van der Waals surface area contributed by atoms with E-state index in [1.807, 2.05) is 36.1 Å². The minimum absolute atomic E-state index is 0.00311. The maximum atomic E-state index is 14.5. The van der Waals surface area contributed by atoms with Crippen molar-refractivity contribution in [1.29, 1.82) is 0 Å². The molecular weight excluding hydrogens is 381 g/mol. The predicted molar refractivity (Wildman–Crippen MR) is 119 cm³/mol. The summed E-state index contributed by atoms with van der Waals surface area (Å²) in [4.78, 5) is 10.9. The monoisotopic (exact) mass is 411 g/mol. The van der Waals surface area contributed by atoms with Crippen LogP contribution in [0.3, 0.4) is 0 Å². The van der Waals surface area contributed by atoms with Crippen molar-refractivity contribution < 1.29 is 4.39 Å². The Hall–Kier alpha value is -2.74. The average Bonchev–Trinajstić information content (AvgIpc) is 3.02. The summed E-state index contributed by atoms with van der Waals surface area (Å²) < 4.78 is 16.3. The largest absolute Gasteiger partial charge is 0.365 e. The summed E-state index contributed by atoms with van der Waals surface area (Å²) in [5, 5.41) is 11.8. The Labute approximate surface area is 176 Å². The van der Waals surface area contributed by atoms with Crippen LogP contribution in [-0.2, 0) is 7.05 Å². The highest BCUT2D eigenvalue weighted by Gasteiger charge is 2.43. The van der Waals surface area contributed by atoms with Gasteiger partial charge in [0, 0.05) is 35.2 Å². The lowest BCUT2D eigenvalue weighted by Crippen LogP contribution is -2.61. The lowest BCUT2D eigenvalue weighted by Gasteiger charge is -2.53. The summed E-state index contributed by atoms with van der Waals surface area (Å²) in [6, 6.07) is 6.02. The third-order valence-corrected chi connectivity index (χ3v) is 6.40. The van der Waals surface area contributed by atoms with Crippen molar-refractivity contribution >= 4 is 28.4 Å². The number of nitrogens with one attached hydrogen (secondary N) is 2. The molecule has 8 heteroatoms. The standard InChI is InChI=1S/C22H30FN7/c1-21(2)10-16(11-22(3,4)30(21)6)26-19-17(23)13-24-20(28-19)27-15-7-8-18-14(9-15)12-25-29(18)5/h7-9,12-13,16H,10-11H2,1-6H3,(H2,24,26,27,28). The van der Waals surface area contributed by atoms with E-state index in [0.29, 0.717) is 5.95 Å². The van der Waals surface area contributed by atoms with Crippen molar-refractivity contribution in [3.05, 3.63) is 36.4 Å². The number of nitrogens with zero attached hydrogens (tertiary/aromatic N) is 5. The topological polar surface area (TPSA) is 70.9 Å². The van der Waals surface area contributed by atoms with Crippen molar-refractivity contribution in [3.63, 3.8) is 0 Å². The van der Waals surface area contributed by atoms with Crippen LogP contribution in [-0.4, -0.2) is 48.8 Å². The summed E-state index contributed by atoms with van der Waals surface area (Å²) in [7, 11) is 4.06. The van der Waals surface area contributed by atoms with E-state index in [1.54, 1.807) is 0 Å². The first-order valence-corrected chi connectivity index (χ1v) is 10.3. The Morgan fingerprint density at radius 2 is 1.77 bits per heavy atom. The van der Waals surface area contributed by atoms with E-state index in [4.69, 9.17) is 0 Å². The van der Waals surface area contributed by atoms with Gasteiger partial charge in [0.1, 0.15) is 0 Å². The zero-order valence-corrected chi connectivity index (χ0v) is 18.5. The fourth-order valence-electron chi connectivity index (χ4n) is 4.57. The molecule has 2 aromatic heterocycles. The molecule has 3 aromatic rings. The van der Waals surface area contributed by atoms with Crippen molar-refractivity contribution in [2.45, 2.75) is 57.7 Å². The molecule has 0 amide bonds. The molecule has 0 unspecified atom stereocenters. The third kappa shape index (κ3) is 3.84. The number of benzene rings is 1. The molecule has 1 aliphatic rings. The highest BCUT2D eigenvalue weighted by atomic mass is 19.1. The predicted octanol–water partition coefficient (Wildman–Crippen LogP) is 4.31. The van der Waals surface area contributed by atoms with Crippen molar-refractivity contribution in [2.24, 2.45) is 7.05 Å². The Morgan fingerprint density at radius 1 is 1.07 bits per heavy atom. The van der Waals surface area contributed by atoms with Gasteiger partial charge < -0.3 is 10.6 Å². The van der Waals surface area contributed by atoms with Gasteiger partial charge in [-0.3, -0.25) is 9.58 Å². The van der Waals surface area contributed by atoms with Gasteiger partial charge in [0.2, 0.25) is 5.95 Å². The van der Waals surface area contributed by atoms with Crippen LogP contribution >= 0.6 is 0 Å². The number of piperidine rings is 1. The zero-order chi connectivity index (χ0) is 21.7. The van der Waals surface area contributed by atoms with Crippen LogP contribution in [0.1, 0.15) is 40.5 Å². The number of rotatable bonds is 4. The summed E-state index contributed by atoms with van der Waals surface area (Å²) >= 11 is 0. The third-order valence-electron chi connectivity index (χ3n) is 6.40. The second kappa shape index (κ2) is 7.19. The molecule has 0 atom stereocenters. The lowest BCUT2D eigenvalue weighted by atomic mass is 9.77. The number of fused-ring (bicyclic) bond motifs is 1. The van der Waals surface area contributed by atoms with Crippen molar-refractivity contribution in [3.8, 4) is 0 Å². The van der Waals surface area contributed by atoms with Crippen LogP contribution in [0.2, 0.25) is 0 Å². The first kappa shape index (κ1) is 20.5. The van der Waals surface area contributed by atoms with Gasteiger partial charge in [0.05, 0.1) is 17.9 Å². The van der Waals surface area contributed by atoms with E-state index in [-0.39, 0.29) is 22.9 Å². The van der Waals surface area contributed by atoms with E-state index in [1.165, 1.54) is 6.20 Å². The quantitative estimate of drug-likeness (QED) is 0.667. The summed E-state index contributed by atoms with van der Waals surface area (Å²) in [6.45, 7) is 8.89. The van der Waals surface area contributed by atoms with E-state index in [0.717, 1.165) is 29.4 Å². The minimum atomic E-state index is -0.446. The molecule has 3 heterocycles. The molecule has 1 aromatic carbocycles. The Morgan fingerprint density at radius 3 is 2.47 bits per heavy atom. The van der Waals surface area contributed by atoms with E-state index in [9.17, 15) is 4.39 Å². The SMILES string of the molecule is CN1C(C)(C)CC(Nc2nc(Nc3ccc4c(cnn4C)c3)ncc2F)CC1(C)C. The average molecular weight is 412 g/mol. The smallest absolute Gasteiger partial charge is 0.229 e. The lowest BCUT2D eigenvalue weighted by molar-refractivity contribution is -0.00778. The number of likely N-dealkylation sites (tertiary alicyclic amines) is 1. The molecule has 1 saturated heterocycles. The maximum absolute atomic E-state index is 14.5. The molecule has 0 spiro atoms. The Balaban J connectivity index is 1.54. The van der Waals surface area contributed by atoms with Gasteiger partial charge in [0.25, 0.3) is 0 Å². The van der Waals surface area contributed by atoms with Gasteiger partial charge in [0.15, 0.2) is 11.6 Å². The second-order valence-electron chi connectivity index (χ2n) is 9.49. The van der Waals surface area contributed by atoms with Gasteiger partial charge in [-0.15, -0.1) is 0 Å². The number of halogens is 1. The first-order valence-electron chi connectivity index (χ1n) is 10.3. The molecule has 2 N–H and O–H groups in total. The van der Waals surface area contributed by atoms with Crippen LogP contribution in [0.25, 0.3) is 10.9 Å². The van der Waals surface area contributed by atoms with Crippen LogP contribution in [0.4, 0.5) is 21.8 Å². The van der Waals surface area contributed by atoms with E-state index >= 15 is 0 Å². The number of aryl methyl sites for hydroxylation is 1. The number of aromatic nitrogens is 4. The Bertz CT molecular complexity index is 1050. The van der Waals surface area contributed by atoms with Gasteiger partial charge in [-0.05, 0) is 65.8 Å². The van der Waals surface area contributed by atoms with Crippen LogP contribution in [0, 0.1) is 5.82 Å². The van der Waals surface area contributed by atoms with Crippen LogP contribution in [0.5, 0.6) is 0 Å². The maximum Gasteiger partial charge on any atom is 0.229 e. The fraction of sp³-hybridized carbons (Fsp3) is 0.500. The number of hydrogen-bond donors (Lipinski definition) is 2. The molecule has 30 heavy (non-hydrogen) atoms. The van der Waals surface area contributed by atoms with E-state index < -0.39 is 5.82 Å². The Kier molecular flexibility index (Phi) is 4.92. The van der Waals surface area contributed by atoms with Gasteiger partial charge in [-0.1, -0.05) is 0 Å². The highest BCUT2D eigenvalue weighted by Crippen LogP contribution is 2.38.